The van der Waals surface area contributed by atoms with Gasteiger partial charge >= 0.3 is 0 Å². The first-order valence-corrected chi connectivity index (χ1v) is 8.37. The van der Waals surface area contributed by atoms with Crippen molar-refractivity contribution in [2.45, 2.75) is 32.8 Å². The molecule has 0 aliphatic rings. The number of hydrogen-bond donors (Lipinski definition) is 4. The molecule has 1 aromatic heterocycles. The second-order valence-electron chi connectivity index (χ2n) is 6.28. The van der Waals surface area contributed by atoms with Gasteiger partial charge in [-0.1, -0.05) is 13.8 Å². The van der Waals surface area contributed by atoms with Crippen LogP contribution in [0.5, 0.6) is 17.2 Å². The summed E-state index contributed by atoms with van der Waals surface area (Å²) in [6.07, 6.45) is 0.566. The largest absolute Gasteiger partial charge is 0.496 e. The molecule has 142 valence electrons. The third-order valence-corrected chi connectivity index (χ3v) is 3.86. The number of aryl methyl sites for hydroxylation is 1. The van der Waals surface area contributed by atoms with Crippen LogP contribution in [0.1, 0.15) is 30.9 Å². The first kappa shape index (κ1) is 19.7. The molecular formula is C18H26N4O4. The number of aliphatic hydroxyl groups excluding tert-OH is 2. The third kappa shape index (κ3) is 4.74. The summed E-state index contributed by atoms with van der Waals surface area (Å²) in [6.45, 7) is 5.90. The third-order valence-electron chi connectivity index (χ3n) is 3.86. The van der Waals surface area contributed by atoms with Gasteiger partial charge in [0.1, 0.15) is 11.5 Å². The number of nitrogen functional groups attached to an aromatic ring is 1. The molecule has 0 aliphatic carbocycles. The van der Waals surface area contributed by atoms with E-state index < -0.39 is 6.10 Å². The average molecular weight is 362 g/mol. The maximum atomic E-state index is 9.36. The Kier molecular flexibility index (Phi) is 6.59. The number of anilines is 2. The fraction of sp³-hybridized carbons (Fsp3) is 0.444. The van der Waals surface area contributed by atoms with Crippen LogP contribution >= 0.6 is 0 Å². The summed E-state index contributed by atoms with van der Waals surface area (Å²) in [4.78, 5) is 8.24. The predicted molar refractivity (Wildman–Crippen MR) is 99.9 cm³/mol. The van der Waals surface area contributed by atoms with Crippen molar-refractivity contribution in [1.82, 2.24) is 9.97 Å². The second kappa shape index (κ2) is 8.68. The highest BCUT2D eigenvalue weighted by Crippen LogP contribution is 2.37. The SMILES string of the molecule is COc1cc(Oc2cnc(NCC(O)CO)nc2N)c(C(C)C)cc1C. The van der Waals surface area contributed by atoms with Crippen LogP contribution in [-0.2, 0) is 0 Å². The van der Waals surface area contributed by atoms with Gasteiger partial charge in [0.25, 0.3) is 0 Å². The fourth-order valence-electron chi connectivity index (χ4n) is 2.39. The molecular weight excluding hydrogens is 336 g/mol. The van der Waals surface area contributed by atoms with Gasteiger partial charge in [-0.05, 0) is 30.0 Å². The van der Waals surface area contributed by atoms with E-state index in [0.29, 0.717) is 11.5 Å². The normalized spacial score (nSPS) is 12.1. The zero-order valence-electron chi connectivity index (χ0n) is 15.5. The lowest BCUT2D eigenvalue weighted by Gasteiger charge is -2.17. The van der Waals surface area contributed by atoms with E-state index in [1.807, 2.05) is 19.1 Å². The lowest BCUT2D eigenvalue weighted by molar-refractivity contribution is 0.105. The van der Waals surface area contributed by atoms with Gasteiger partial charge in [-0.15, -0.1) is 0 Å². The van der Waals surface area contributed by atoms with Gasteiger partial charge in [0.05, 0.1) is 26.0 Å². The lowest BCUT2D eigenvalue weighted by Crippen LogP contribution is -2.23. The van der Waals surface area contributed by atoms with Crippen LogP contribution in [0, 0.1) is 6.92 Å². The highest BCUT2D eigenvalue weighted by molar-refractivity contribution is 5.53. The van der Waals surface area contributed by atoms with Crippen LogP contribution in [0.4, 0.5) is 11.8 Å². The van der Waals surface area contributed by atoms with Gasteiger partial charge in [-0.3, -0.25) is 0 Å². The van der Waals surface area contributed by atoms with Crippen LogP contribution in [0.15, 0.2) is 18.3 Å². The Morgan fingerprint density at radius 2 is 1.96 bits per heavy atom. The van der Waals surface area contributed by atoms with Crippen LogP contribution in [0.2, 0.25) is 0 Å². The number of benzene rings is 1. The van der Waals surface area contributed by atoms with Gasteiger partial charge in [0, 0.05) is 12.6 Å². The van der Waals surface area contributed by atoms with Crippen LogP contribution in [0.25, 0.3) is 0 Å². The molecule has 1 unspecified atom stereocenters. The van der Waals surface area contributed by atoms with E-state index in [1.165, 1.54) is 6.20 Å². The van der Waals surface area contributed by atoms with Crippen molar-refractivity contribution in [2.75, 3.05) is 31.3 Å². The molecule has 8 nitrogen and oxygen atoms in total. The van der Waals surface area contributed by atoms with Crippen LogP contribution in [-0.4, -0.2) is 46.5 Å². The van der Waals surface area contributed by atoms with E-state index in [9.17, 15) is 5.11 Å². The number of aromatic nitrogens is 2. The molecule has 5 N–H and O–H groups in total. The average Bonchev–Trinajstić information content (AvgIpc) is 2.62. The molecule has 1 heterocycles. The molecule has 26 heavy (non-hydrogen) atoms. The smallest absolute Gasteiger partial charge is 0.224 e. The molecule has 1 aromatic carbocycles. The minimum atomic E-state index is -0.899. The minimum absolute atomic E-state index is 0.114. The summed E-state index contributed by atoms with van der Waals surface area (Å²) in [5.74, 6) is 2.33. The summed E-state index contributed by atoms with van der Waals surface area (Å²) >= 11 is 0. The van der Waals surface area contributed by atoms with Crippen LogP contribution in [0.3, 0.4) is 0 Å². The Balaban J connectivity index is 2.25. The van der Waals surface area contributed by atoms with Gasteiger partial charge in [0.15, 0.2) is 11.6 Å². The number of methoxy groups -OCH3 is 1. The predicted octanol–water partition coefficient (Wildman–Crippen LogP) is 2.06. The van der Waals surface area contributed by atoms with Gasteiger partial charge < -0.3 is 30.7 Å². The van der Waals surface area contributed by atoms with E-state index in [4.69, 9.17) is 20.3 Å². The second-order valence-corrected chi connectivity index (χ2v) is 6.28. The first-order valence-electron chi connectivity index (χ1n) is 8.37. The molecule has 0 aliphatic heterocycles. The highest BCUT2D eigenvalue weighted by atomic mass is 16.5. The van der Waals surface area contributed by atoms with Crippen molar-refractivity contribution < 1.29 is 19.7 Å². The van der Waals surface area contributed by atoms with Crippen molar-refractivity contribution >= 4 is 11.8 Å². The van der Waals surface area contributed by atoms with E-state index in [2.05, 4.69) is 29.1 Å². The summed E-state index contributed by atoms with van der Waals surface area (Å²) in [6, 6.07) is 3.86. The molecule has 2 rings (SSSR count). The van der Waals surface area contributed by atoms with Crippen molar-refractivity contribution in [3.63, 3.8) is 0 Å². The topological polar surface area (TPSA) is 123 Å². The number of nitrogens with two attached hydrogens (primary N) is 1. The zero-order chi connectivity index (χ0) is 19.3. The molecule has 0 fully saturated rings. The van der Waals surface area contributed by atoms with E-state index >= 15 is 0 Å². The van der Waals surface area contributed by atoms with Crippen molar-refractivity contribution in [2.24, 2.45) is 0 Å². The van der Waals surface area contributed by atoms with E-state index in [1.54, 1.807) is 7.11 Å². The Labute approximate surface area is 153 Å². The standard InChI is InChI=1S/C18H26N4O4/c1-10(2)13-5-11(3)14(25-4)6-15(13)26-16-8-21-18(22-17(16)19)20-7-12(24)9-23/h5-6,8,10,12,23-24H,7,9H2,1-4H3,(H3,19,20,21,22). The minimum Gasteiger partial charge on any atom is -0.496 e. The number of hydrogen-bond acceptors (Lipinski definition) is 8. The summed E-state index contributed by atoms with van der Waals surface area (Å²) < 4.78 is 11.3. The lowest BCUT2D eigenvalue weighted by atomic mass is 9.99. The molecule has 1 atom stereocenters. The van der Waals surface area contributed by atoms with Crippen molar-refractivity contribution in [1.29, 1.82) is 0 Å². The van der Waals surface area contributed by atoms with Crippen LogP contribution < -0.4 is 20.5 Å². The van der Waals surface area contributed by atoms with Crippen molar-refractivity contribution in [3.8, 4) is 17.2 Å². The highest BCUT2D eigenvalue weighted by Gasteiger charge is 2.15. The van der Waals surface area contributed by atoms with E-state index in [0.717, 1.165) is 16.9 Å². The number of ether oxygens (including phenoxy) is 2. The fourth-order valence-corrected chi connectivity index (χ4v) is 2.39. The summed E-state index contributed by atoms with van der Waals surface area (Å²) in [7, 11) is 1.61. The van der Waals surface area contributed by atoms with Gasteiger partial charge in [-0.25, -0.2) is 4.98 Å². The summed E-state index contributed by atoms with van der Waals surface area (Å²) in [5.41, 5.74) is 8.02. The molecule has 2 aromatic rings. The molecule has 8 heteroatoms. The zero-order valence-corrected chi connectivity index (χ0v) is 15.5. The first-order chi connectivity index (χ1) is 12.3. The molecule has 0 saturated carbocycles. The quantitative estimate of drug-likeness (QED) is 0.563. The Hall–Kier alpha value is -2.58. The van der Waals surface area contributed by atoms with Gasteiger partial charge in [0.2, 0.25) is 5.95 Å². The molecule has 0 amide bonds. The van der Waals surface area contributed by atoms with Crippen molar-refractivity contribution in [3.05, 3.63) is 29.5 Å². The Morgan fingerprint density at radius 1 is 1.23 bits per heavy atom. The maximum absolute atomic E-state index is 9.36. The molecule has 0 bridgehead atoms. The molecule has 0 saturated heterocycles. The van der Waals surface area contributed by atoms with E-state index in [-0.39, 0.29) is 30.8 Å². The number of aliphatic hydroxyl groups is 2. The number of nitrogens with one attached hydrogen (secondary N) is 1. The molecule has 0 spiro atoms. The number of nitrogens with zero attached hydrogens (tertiary/aromatic N) is 2. The maximum Gasteiger partial charge on any atom is 0.224 e. The Bertz CT molecular complexity index is 752. The molecule has 0 radical (unpaired) electrons. The summed E-state index contributed by atoms with van der Waals surface area (Å²) in [5, 5.41) is 21.0. The Morgan fingerprint density at radius 3 is 2.54 bits per heavy atom. The number of rotatable bonds is 8. The van der Waals surface area contributed by atoms with Gasteiger partial charge in [-0.2, -0.15) is 4.98 Å². The monoisotopic (exact) mass is 362 g/mol.